The van der Waals surface area contributed by atoms with E-state index in [0.29, 0.717) is 29.3 Å². The molecule has 2 aromatic rings. The Kier molecular flexibility index (Phi) is 6.43. The number of halogens is 1. The molecular formula is C23H30ClN5O3S. The highest BCUT2D eigenvalue weighted by molar-refractivity contribution is 7.17. The van der Waals surface area contributed by atoms with Gasteiger partial charge < -0.3 is 26.4 Å². The molecule has 178 valence electrons. The number of hydrogen-bond donors (Lipinski definition) is 5. The predicted octanol–water partition coefficient (Wildman–Crippen LogP) is 4.11. The van der Waals surface area contributed by atoms with Crippen LogP contribution in [0.3, 0.4) is 0 Å². The minimum absolute atomic E-state index is 0.0825. The number of carboxylic acid groups (broad SMARTS) is 1. The maximum atomic E-state index is 13.3. The third kappa shape index (κ3) is 5.32. The average molecular weight is 492 g/mol. The van der Waals surface area contributed by atoms with Crippen molar-refractivity contribution in [2.75, 3.05) is 17.2 Å². The van der Waals surface area contributed by atoms with E-state index in [1.807, 2.05) is 0 Å². The van der Waals surface area contributed by atoms with Gasteiger partial charge in [-0.2, -0.15) is 0 Å². The average Bonchev–Trinajstić information content (AvgIpc) is 3.03. The van der Waals surface area contributed by atoms with Crippen molar-refractivity contribution < 1.29 is 14.7 Å². The van der Waals surface area contributed by atoms with Gasteiger partial charge in [0.1, 0.15) is 16.0 Å². The monoisotopic (exact) mass is 491 g/mol. The fourth-order valence-electron chi connectivity index (χ4n) is 5.17. The van der Waals surface area contributed by atoms with Crippen LogP contribution in [0.2, 0.25) is 5.15 Å². The third-order valence-corrected chi connectivity index (χ3v) is 7.36. The number of rotatable bonds is 5. The fraction of sp³-hybridized carbons (Fsp3) is 0.522. The van der Waals surface area contributed by atoms with Crippen LogP contribution in [0, 0.1) is 0 Å². The molecule has 1 fully saturated rings. The number of amides is 1. The highest BCUT2D eigenvalue weighted by Gasteiger charge is 2.38. The number of aromatic nitrogens is 1. The van der Waals surface area contributed by atoms with Crippen molar-refractivity contribution in [3.63, 3.8) is 0 Å². The Morgan fingerprint density at radius 2 is 1.91 bits per heavy atom. The molecule has 0 bridgehead atoms. The van der Waals surface area contributed by atoms with E-state index in [0.717, 1.165) is 29.8 Å². The number of nitrogens with zero attached hydrogens (tertiary/aromatic N) is 1. The number of aromatic carboxylic acids is 1. The molecule has 1 saturated heterocycles. The second-order valence-corrected chi connectivity index (χ2v) is 11.6. The smallest absolute Gasteiger partial charge is 0.339 e. The van der Waals surface area contributed by atoms with Gasteiger partial charge in [-0.3, -0.25) is 4.79 Å². The Morgan fingerprint density at radius 1 is 1.21 bits per heavy atom. The largest absolute Gasteiger partial charge is 0.478 e. The summed E-state index contributed by atoms with van der Waals surface area (Å²) in [5.41, 5.74) is 1.15. The van der Waals surface area contributed by atoms with Crippen molar-refractivity contribution in [1.82, 2.24) is 15.6 Å². The van der Waals surface area contributed by atoms with Crippen molar-refractivity contribution in [2.24, 2.45) is 0 Å². The topological polar surface area (TPSA) is 115 Å². The number of thiophene rings is 1. The van der Waals surface area contributed by atoms with Crippen LogP contribution in [0.1, 0.15) is 71.7 Å². The molecule has 8 nitrogen and oxygen atoms in total. The maximum absolute atomic E-state index is 13.3. The molecule has 2 aliphatic rings. The summed E-state index contributed by atoms with van der Waals surface area (Å²) >= 11 is 7.48. The van der Waals surface area contributed by atoms with Gasteiger partial charge in [0.15, 0.2) is 0 Å². The lowest BCUT2D eigenvalue weighted by molar-refractivity contribution is 0.0697. The molecule has 33 heavy (non-hydrogen) atoms. The molecule has 0 spiro atoms. The van der Waals surface area contributed by atoms with E-state index in [-0.39, 0.29) is 27.8 Å². The van der Waals surface area contributed by atoms with Gasteiger partial charge in [-0.15, -0.1) is 11.3 Å². The molecular weight excluding hydrogens is 462 g/mol. The molecule has 0 aliphatic carbocycles. The number of anilines is 2. The van der Waals surface area contributed by atoms with E-state index in [1.54, 1.807) is 12.1 Å². The zero-order valence-corrected chi connectivity index (χ0v) is 20.8. The third-order valence-electron chi connectivity index (χ3n) is 6.01. The summed E-state index contributed by atoms with van der Waals surface area (Å²) in [5, 5.41) is 23.6. The Labute approximate surface area is 202 Å². The lowest BCUT2D eigenvalue weighted by Crippen LogP contribution is -2.60. The predicted molar refractivity (Wildman–Crippen MR) is 132 cm³/mol. The van der Waals surface area contributed by atoms with Gasteiger partial charge in [0, 0.05) is 28.5 Å². The van der Waals surface area contributed by atoms with Crippen LogP contribution in [0.15, 0.2) is 12.1 Å². The normalized spacial score (nSPS) is 19.5. The van der Waals surface area contributed by atoms with E-state index >= 15 is 0 Å². The van der Waals surface area contributed by atoms with E-state index in [4.69, 9.17) is 11.6 Å². The Hall–Kier alpha value is -2.20. The first-order chi connectivity index (χ1) is 15.4. The molecule has 0 aromatic carbocycles. The van der Waals surface area contributed by atoms with Gasteiger partial charge in [-0.25, -0.2) is 9.78 Å². The van der Waals surface area contributed by atoms with E-state index in [2.05, 4.69) is 53.9 Å². The van der Waals surface area contributed by atoms with Crippen LogP contribution < -0.4 is 21.3 Å². The summed E-state index contributed by atoms with van der Waals surface area (Å²) in [4.78, 5) is 30.6. The number of piperidine rings is 1. The van der Waals surface area contributed by atoms with Crippen LogP contribution >= 0.6 is 22.9 Å². The van der Waals surface area contributed by atoms with Crippen LogP contribution in [0.4, 0.5) is 10.8 Å². The maximum Gasteiger partial charge on any atom is 0.339 e. The second kappa shape index (κ2) is 8.87. The Morgan fingerprint density at radius 3 is 2.58 bits per heavy atom. The van der Waals surface area contributed by atoms with Crippen LogP contribution in [0.25, 0.3) is 0 Å². The second-order valence-electron chi connectivity index (χ2n) is 10.1. The fourth-order valence-corrected chi connectivity index (χ4v) is 6.52. The summed E-state index contributed by atoms with van der Waals surface area (Å²) in [6.07, 6.45) is 2.32. The van der Waals surface area contributed by atoms with Gasteiger partial charge in [0.2, 0.25) is 0 Å². The first-order valence-electron chi connectivity index (χ1n) is 11.1. The van der Waals surface area contributed by atoms with E-state index < -0.39 is 11.9 Å². The molecule has 1 amide bonds. The number of carboxylic acids is 1. The molecule has 5 N–H and O–H groups in total. The minimum Gasteiger partial charge on any atom is -0.478 e. The number of fused-ring (bicyclic) bond motifs is 1. The van der Waals surface area contributed by atoms with Gasteiger partial charge >= 0.3 is 5.97 Å². The highest BCUT2D eigenvalue weighted by Crippen LogP contribution is 2.36. The summed E-state index contributed by atoms with van der Waals surface area (Å²) in [6.45, 7) is 9.94. The van der Waals surface area contributed by atoms with Crippen LogP contribution in [0.5, 0.6) is 0 Å². The highest BCUT2D eigenvalue weighted by atomic mass is 35.5. The standard InChI is InChI=1S/C23H30ClN5O3S/c1-22(2)9-12(10-23(3,4)29-22)26-18-14(5-6-16(24)27-18)19(30)28-20-17(21(31)32)13-7-8-25-11-15(13)33-20/h5-6,12,25,29H,7-11H2,1-4H3,(H,26,27)(H,28,30)(H,31,32). The number of nitrogens with one attached hydrogen (secondary N) is 4. The number of carbonyl (C=O) groups is 2. The molecule has 4 heterocycles. The van der Waals surface area contributed by atoms with Crippen molar-refractivity contribution in [2.45, 2.75) is 70.6 Å². The Bertz CT molecular complexity index is 1080. The lowest BCUT2D eigenvalue weighted by Gasteiger charge is -2.46. The van der Waals surface area contributed by atoms with Gasteiger partial charge in [-0.05, 0) is 71.2 Å². The first-order valence-corrected chi connectivity index (χ1v) is 12.3. The van der Waals surface area contributed by atoms with Gasteiger partial charge in [0.25, 0.3) is 5.91 Å². The SMILES string of the molecule is CC1(C)CC(Nc2nc(Cl)ccc2C(=O)Nc2sc3c(c2C(=O)O)CCNC3)CC(C)(C)N1. The molecule has 10 heteroatoms. The Balaban J connectivity index is 1.61. The summed E-state index contributed by atoms with van der Waals surface area (Å²) < 4.78 is 0. The van der Waals surface area contributed by atoms with Crippen molar-refractivity contribution in [1.29, 1.82) is 0 Å². The summed E-state index contributed by atoms with van der Waals surface area (Å²) in [7, 11) is 0. The number of carbonyl (C=O) groups excluding carboxylic acids is 1. The lowest BCUT2D eigenvalue weighted by atomic mass is 9.79. The van der Waals surface area contributed by atoms with Crippen molar-refractivity contribution >= 4 is 45.6 Å². The zero-order chi connectivity index (χ0) is 24.0. The molecule has 2 aromatic heterocycles. The van der Waals surface area contributed by atoms with Gasteiger partial charge in [-0.1, -0.05) is 11.6 Å². The quantitative estimate of drug-likeness (QED) is 0.400. The van der Waals surface area contributed by atoms with Crippen molar-refractivity contribution in [3.05, 3.63) is 38.9 Å². The van der Waals surface area contributed by atoms with E-state index in [9.17, 15) is 14.7 Å². The molecule has 0 radical (unpaired) electrons. The molecule has 0 unspecified atom stereocenters. The van der Waals surface area contributed by atoms with Crippen LogP contribution in [-0.4, -0.2) is 45.6 Å². The molecule has 2 aliphatic heterocycles. The van der Waals surface area contributed by atoms with Crippen molar-refractivity contribution in [3.8, 4) is 0 Å². The summed E-state index contributed by atoms with van der Waals surface area (Å²) in [6, 6.07) is 3.28. The zero-order valence-electron chi connectivity index (χ0n) is 19.3. The molecule has 0 saturated carbocycles. The van der Waals surface area contributed by atoms with Crippen LogP contribution in [-0.2, 0) is 13.0 Å². The summed E-state index contributed by atoms with van der Waals surface area (Å²) in [5.74, 6) is -1.04. The molecule has 4 rings (SSSR count). The number of hydrogen-bond acceptors (Lipinski definition) is 7. The molecule has 0 atom stereocenters. The minimum atomic E-state index is -1.03. The first kappa shape index (κ1) is 23.9. The van der Waals surface area contributed by atoms with Gasteiger partial charge in [0.05, 0.1) is 11.1 Å². The van der Waals surface area contributed by atoms with E-state index in [1.165, 1.54) is 11.3 Å². The number of pyridine rings is 1.